The minimum atomic E-state index is -3.89. The zero-order valence-corrected chi connectivity index (χ0v) is 21.8. The van der Waals surface area contributed by atoms with E-state index in [1.807, 2.05) is 72.4 Å². The number of sulfonamides is 1. The Morgan fingerprint density at radius 1 is 0.971 bits per heavy atom. The smallest absolute Gasteiger partial charge is 0.243 e. The molecule has 0 unspecified atom stereocenters. The van der Waals surface area contributed by atoms with E-state index in [1.54, 1.807) is 17.0 Å². The first-order valence-electron chi connectivity index (χ1n) is 11.7. The zero-order valence-electron chi connectivity index (χ0n) is 21.0. The van der Waals surface area contributed by atoms with E-state index < -0.39 is 10.0 Å². The number of nitrogens with zero attached hydrogens (tertiary/aromatic N) is 3. The van der Waals surface area contributed by atoms with Gasteiger partial charge >= 0.3 is 0 Å². The Hall–Kier alpha value is -3.16. The van der Waals surface area contributed by atoms with Crippen LogP contribution in [0.15, 0.2) is 90.5 Å². The van der Waals surface area contributed by atoms with Gasteiger partial charge in [-0.3, -0.25) is 4.79 Å². The first-order chi connectivity index (χ1) is 16.5. The average molecular weight is 494 g/mol. The summed E-state index contributed by atoms with van der Waals surface area (Å²) in [5.41, 5.74) is 2.89. The molecule has 0 N–H and O–H groups in total. The predicted octanol–water partition coefficient (Wildman–Crippen LogP) is 4.73. The molecular formula is C28H35N3O3S. The molecule has 0 spiro atoms. The minimum absolute atomic E-state index is 0.0401. The molecule has 0 fully saturated rings. The van der Waals surface area contributed by atoms with Crippen molar-refractivity contribution in [3.63, 3.8) is 0 Å². The Labute approximate surface area is 209 Å². The van der Waals surface area contributed by atoms with Crippen LogP contribution in [0.4, 0.5) is 0 Å². The lowest BCUT2D eigenvalue weighted by molar-refractivity contribution is -0.132. The fourth-order valence-electron chi connectivity index (χ4n) is 3.81. The standard InChI is InChI=1S/C28H35N3O3S/c1-6-18-31(35(33,34)26-16-14-24(15-17-26)28(2,3)4)22-27(32)30(20-23-11-8-7-9-12-23)21-25-13-10-19-29(25)5/h6-17,19H,1,18,20-22H2,2-5H3. The number of carbonyl (C=O) groups is 1. The number of rotatable bonds is 10. The molecule has 7 heteroatoms. The van der Waals surface area contributed by atoms with Crippen LogP contribution in [0.5, 0.6) is 0 Å². The van der Waals surface area contributed by atoms with Crippen LogP contribution >= 0.6 is 0 Å². The second-order valence-corrected chi connectivity index (χ2v) is 11.6. The van der Waals surface area contributed by atoms with Crippen LogP contribution in [0.2, 0.25) is 0 Å². The highest BCUT2D eigenvalue weighted by Crippen LogP contribution is 2.25. The summed E-state index contributed by atoms with van der Waals surface area (Å²) in [6, 6.07) is 20.5. The summed E-state index contributed by atoms with van der Waals surface area (Å²) < 4.78 is 30.1. The quantitative estimate of drug-likeness (QED) is 0.384. The number of amides is 1. The maximum absolute atomic E-state index is 13.5. The van der Waals surface area contributed by atoms with Crippen molar-refractivity contribution < 1.29 is 13.2 Å². The van der Waals surface area contributed by atoms with E-state index in [4.69, 9.17) is 0 Å². The van der Waals surface area contributed by atoms with Gasteiger partial charge in [-0.25, -0.2) is 8.42 Å². The number of aromatic nitrogens is 1. The number of aryl methyl sites for hydroxylation is 1. The summed E-state index contributed by atoms with van der Waals surface area (Å²) in [7, 11) is -1.96. The van der Waals surface area contributed by atoms with E-state index in [0.717, 1.165) is 16.8 Å². The summed E-state index contributed by atoms with van der Waals surface area (Å²) >= 11 is 0. The van der Waals surface area contributed by atoms with E-state index >= 15 is 0 Å². The van der Waals surface area contributed by atoms with Crippen molar-refractivity contribution >= 4 is 15.9 Å². The predicted molar refractivity (Wildman–Crippen MR) is 140 cm³/mol. The van der Waals surface area contributed by atoms with Gasteiger partial charge in [0.15, 0.2) is 0 Å². The van der Waals surface area contributed by atoms with Crippen molar-refractivity contribution in [2.24, 2.45) is 7.05 Å². The molecule has 1 aromatic heterocycles. The van der Waals surface area contributed by atoms with Crippen molar-refractivity contribution in [2.45, 2.75) is 44.2 Å². The molecule has 0 bridgehead atoms. The van der Waals surface area contributed by atoms with Gasteiger partial charge in [0, 0.05) is 32.0 Å². The monoisotopic (exact) mass is 493 g/mol. The molecule has 3 rings (SSSR count). The maximum Gasteiger partial charge on any atom is 0.243 e. The highest BCUT2D eigenvalue weighted by molar-refractivity contribution is 7.89. The van der Waals surface area contributed by atoms with Crippen LogP contribution in [0.1, 0.15) is 37.6 Å². The van der Waals surface area contributed by atoms with Crippen molar-refractivity contribution in [2.75, 3.05) is 13.1 Å². The molecule has 0 atom stereocenters. The Kier molecular flexibility index (Phi) is 8.35. The summed E-state index contributed by atoms with van der Waals surface area (Å²) in [5.74, 6) is -0.271. The van der Waals surface area contributed by atoms with E-state index in [9.17, 15) is 13.2 Å². The normalized spacial score (nSPS) is 12.0. The molecule has 1 heterocycles. The molecule has 0 aliphatic rings. The van der Waals surface area contributed by atoms with Gasteiger partial charge in [-0.15, -0.1) is 6.58 Å². The molecule has 35 heavy (non-hydrogen) atoms. The highest BCUT2D eigenvalue weighted by atomic mass is 32.2. The van der Waals surface area contributed by atoms with Crippen molar-refractivity contribution in [3.05, 3.63) is 102 Å². The van der Waals surface area contributed by atoms with E-state index in [-0.39, 0.29) is 29.3 Å². The molecule has 0 radical (unpaired) electrons. The van der Waals surface area contributed by atoms with Gasteiger partial charge in [0.25, 0.3) is 0 Å². The Morgan fingerprint density at radius 2 is 1.63 bits per heavy atom. The fourth-order valence-corrected chi connectivity index (χ4v) is 5.17. The average Bonchev–Trinajstić information content (AvgIpc) is 3.22. The largest absolute Gasteiger partial charge is 0.353 e. The summed E-state index contributed by atoms with van der Waals surface area (Å²) in [6.07, 6.45) is 3.43. The van der Waals surface area contributed by atoms with Gasteiger partial charge in [0.05, 0.1) is 18.0 Å². The molecule has 2 aromatic carbocycles. The molecule has 6 nitrogen and oxygen atoms in total. The van der Waals surface area contributed by atoms with Crippen LogP contribution in [0, 0.1) is 0 Å². The molecule has 3 aromatic rings. The lowest BCUT2D eigenvalue weighted by Crippen LogP contribution is -2.42. The van der Waals surface area contributed by atoms with E-state index in [1.165, 1.54) is 10.4 Å². The van der Waals surface area contributed by atoms with Crippen molar-refractivity contribution in [1.82, 2.24) is 13.8 Å². The van der Waals surface area contributed by atoms with Gasteiger partial charge in [0.2, 0.25) is 15.9 Å². The molecule has 0 saturated heterocycles. The van der Waals surface area contributed by atoms with Gasteiger partial charge in [-0.05, 0) is 40.8 Å². The third-order valence-corrected chi connectivity index (χ3v) is 7.80. The first-order valence-corrected chi connectivity index (χ1v) is 13.1. The Balaban J connectivity index is 1.86. The Morgan fingerprint density at radius 3 is 2.17 bits per heavy atom. The second-order valence-electron chi connectivity index (χ2n) is 9.71. The number of hydrogen-bond acceptors (Lipinski definition) is 3. The van der Waals surface area contributed by atoms with Gasteiger partial charge in [-0.1, -0.05) is 69.3 Å². The number of carbonyl (C=O) groups excluding carboxylic acids is 1. The van der Waals surface area contributed by atoms with Crippen molar-refractivity contribution in [1.29, 1.82) is 0 Å². The summed E-state index contributed by atoms with van der Waals surface area (Å²) in [6.45, 7) is 10.5. The SMILES string of the molecule is C=CCN(CC(=O)N(Cc1ccccc1)Cc1cccn1C)S(=O)(=O)c1ccc(C(C)(C)C)cc1. The number of hydrogen-bond donors (Lipinski definition) is 0. The lowest BCUT2D eigenvalue weighted by atomic mass is 9.87. The minimum Gasteiger partial charge on any atom is -0.353 e. The molecule has 186 valence electrons. The third-order valence-electron chi connectivity index (χ3n) is 5.98. The molecule has 1 amide bonds. The van der Waals surface area contributed by atoms with Crippen molar-refractivity contribution in [3.8, 4) is 0 Å². The van der Waals surface area contributed by atoms with E-state index in [2.05, 4.69) is 27.4 Å². The van der Waals surface area contributed by atoms with Crippen LogP contribution in [0.25, 0.3) is 0 Å². The Bertz CT molecular complexity index is 1240. The maximum atomic E-state index is 13.5. The second kappa shape index (κ2) is 11.1. The van der Waals surface area contributed by atoms with Gasteiger partial charge in [-0.2, -0.15) is 4.31 Å². The highest BCUT2D eigenvalue weighted by Gasteiger charge is 2.28. The number of benzene rings is 2. The van der Waals surface area contributed by atoms with Gasteiger partial charge < -0.3 is 9.47 Å². The molecule has 0 saturated carbocycles. The summed E-state index contributed by atoms with van der Waals surface area (Å²) in [4.78, 5) is 15.4. The third kappa shape index (κ3) is 6.71. The lowest BCUT2D eigenvalue weighted by Gasteiger charge is -2.27. The zero-order chi connectivity index (χ0) is 25.6. The van der Waals surface area contributed by atoms with Crippen LogP contribution in [0.3, 0.4) is 0 Å². The summed E-state index contributed by atoms with van der Waals surface area (Å²) in [5, 5.41) is 0. The van der Waals surface area contributed by atoms with Gasteiger partial charge in [0.1, 0.15) is 0 Å². The topological polar surface area (TPSA) is 62.6 Å². The fraction of sp³-hybridized carbons (Fsp3) is 0.321. The van der Waals surface area contributed by atoms with E-state index in [0.29, 0.717) is 13.1 Å². The molecule has 0 aliphatic heterocycles. The van der Waals surface area contributed by atoms with Crippen LogP contribution in [-0.4, -0.2) is 41.2 Å². The molecule has 0 aliphatic carbocycles. The molecular weight excluding hydrogens is 458 g/mol. The van der Waals surface area contributed by atoms with Crippen LogP contribution in [-0.2, 0) is 40.4 Å². The van der Waals surface area contributed by atoms with Crippen LogP contribution < -0.4 is 0 Å². The first kappa shape index (κ1) is 26.4.